The van der Waals surface area contributed by atoms with Crippen LogP contribution < -0.4 is 5.32 Å². The average molecular weight is 269 g/mol. The molecule has 5 nitrogen and oxygen atoms in total. The van der Waals surface area contributed by atoms with E-state index in [1.165, 1.54) is 17.1 Å². The minimum absolute atomic E-state index is 0.845. The monoisotopic (exact) mass is 269 g/mol. The lowest BCUT2D eigenvalue weighted by Crippen LogP contribution is -2.12. The summed E-state index contributed by atoms with van der Waals surface area (Å²) in [7, 11) is 1.96. The second-order valence-electron chi connectivity index (χ2n) is 3.58. The van der Waals surface area contributed by atoms with Gasteiger partial charge in [-0.2, -0.15) is 9.47 Å². The second kappa shape index (κ2) is 5.61. The lowest BCUT2D eigenvalue weighted by atomic mass is 10.2. The molecule has 0 spiro atoms. The van der Waals surface area contributed by atoms with Crippen LogP contribution in [0.1, 0.15) is 18.2 Å². The summed E-state index contributed by atoms with van der Waals surface area (Å²) in [5.74, 6) is 0. The van der Waals surface area contributed by atoms with Gasteiger partial charge in [0.15, 0.2) is 4.34 Å². The molecule has 2 rings (SSSR count). The Balaban J connectivity index is 2.25. The second-order valence-corrected chi connectivity index (χ2v) is 5.60. The van der Waals surface area contributed by atoms with Gasteiger partial charge in [0.05, 0.1) is 5.69 Å². The van der Waals surface area contributed by atoms with E-state index in [9.17, 15) is 0 Å². The third-order valence-corrected chi connectivity index (χ3v) is 4.28. The molecule has 0 bridgehead atoms. The molecule has 0 amide bonds. The molecule has 0 saturated heterocycles. The van der Waals surface area contributed by atoms with E-state index in [1.807, 2.05) is 18.7 Å². The van der Waals surface area contributed by atoms with Crippen molar-refractivity contribution in [2.75, 3.05) is 6.54 Å². The van der Waals surface area contributed by atoms with Gasteiger partial charge in [0.25, 0.3) is 0 Å². The smallest absolute Gasteiger partial charge is 0.175 e. The van der Waals surface area contributed by atoms with Gasteiger partial charge in [0, 0.05) is 19.2 Å². The van der Waals surface area contributed by atoms with Crippen LogP contribution in [0.5, 0.6) is 0 Å². The highest BCUT2D eigenvalue weighted by Crippen LogP contribution is 2.31. The van der Waals surface area contributed by atoms with Gasteiger partial charge in [-0.3, -0.25) is 4.68 Å². The van der Waals surface area contributed by atoms with Crippen LogP contribution in [-0.2, 0) is 13.6 Å². The number of nitrogens with one attached hydrogen (secondary N) is 1. The van der Waals surface area contributed by atoms with Crippen molar-refractivity contribution in [3.63, 3.8) is 0 Å². The quantitative estimate of drug-likeness (QED) is 0.897. The molecule has 0 aliphatic rings. The van der Waals surface area contributed by atoms with Crippen LogP contribution >= 0.6 is 23.3 Å². The maximum absolute atomic E-state index is 4.46. The number of nitrogens with zero attached hydrogens (tertiary/aromatic N) is 4. The first-order valence-corrected chi connectivity index (χ1v) is 6.99. The van der Waals surface area contributed by atoms with Gasteiger partial charge < -0.3 is 5.32 Å². The zero-order chi connectivity index (χ0) is 12.3. The SMILES string of the molecule is CCNCc1c(C)nn(C)c1Sc1ncns1. The Morgan fingerprint density at radius 2 is 2.35 bits per heavy atom. The largest absolute Gasteiger partial charge is 0.313 e. The van der Waals surface area contributed by atoms with Crippen molar-refractivity contribution in [1.82, 2.24) is 24.5 Å². The Morgan fingerprint density at radius 3 is 3.00 bits per heavy atom. The highest BCUT2D eigenvalue weighted by Gasteiger charge is 2.15. The summed E-state index contributed by atoms with van der Waals surface area (Å²) >= 11 is 3.03. The van der Waals surface area contributed by atoms with Crippen molar-refractivity contribution in [1.29, 1.82) is 0 Å². The number of aryl methyl sites for hydroxylation is 2. The van der Waals surface area contributed by atoms with Crippen LogP contribution in [0.15, 0.2) is 15.7 Å². The molecular weight excluding hydrogens is 254 g/mol. The van der Waals surface area contributed by atoms with Crippen LogP contribution in [0.25, 0.3) is 0 Å². The van der Waals surface area contributed by atoms with Crippen molar-refractivity contribution in [3.8, 4) is 0 Å². The van der Waals surface area contributed by atoms with Gasteiger partial charge in [-0.15, -0.1) is 0 Å². The van der Waals surface area contributed by atoms with Crippen molar-refractivity contribution >= 4 is 23.3 Å². The third-order valence-electron chi connectivity index (χ3n) is 2.37. The lowest BCUT2D eigenvalue weighted by Gasteiger charge is -2.04. The molecule has 7 heteroatoms. The Labute approximate surface area is 109 Å². The molecule has 0 radical (unpaired) electrons. The topological polar surface area (TPSA) is 55.6 Å². The summed E-state index contributed by atoms with van der Waals surface area (Å²) in [6, 6.07) is 0. The molecule has 0 unspecified atom stereocenters. The Kier molecular flexibility index (Phi) is 4.14. The average Bonchev–Trinajstić information content (AvgIpc) is 2.88. The van der Waals surface area contributed by atoms with E-state index in [2.05, 4.69) is 26.7 Å². The van der Waals surface area contributed by atoms with Gasteiger partial charge >= 0.3 is 0 Å². The van der Waals surface area contributed by atoms with Gasteiger partial charge in [-0.1, -0.05) is 6.92 Å². The first-order valence-electron chi connectivity index (χ1n) is 5.40. The highest BCUT2D eigenvalue weighted by atomic mass is 32.2. The molecule has 0 fully saturated rings. The summed E-state index contributed by atoms with van der Waals surface area (Å²) in [5, 5.41) is 8.94. The molecule has 0 aliphatic carbocycles. The summed E-state index contributed by atoms with van der Waals surface area (Å²) in [4.78, 5) is 4.19. The van der Waals surface area contributed by atoms with Crippen LogP contribution in [0.3, 0.4) is 0 Å². The van der Waals surface area contributed by atoms with Crippen LogP contribution in [0.2, 0.25) is 0 Å². The van der Waals surface area contributed by atoms with Crippen LogP contribution in [0, 0.1) is 6.92 Å². The molecule has 17 heavy (non-hydrogen) atoms. The van der Waals surface area contributed by atoms with E-state index in [0.29, 0.717) is 0 Å². The maximum Gasteiger partial charge on any atom is 0.175 e. The molecule has 0 saturated carbocycles. The Morgan fingerprint density at radius 1 is 1.53 bits per heavy atom. The van der Waals surface area contributed by atoms with E-state index in [0.717, 1.165) is 28.1 Å². The molecule has 1 N–H and O–H groups in total. The summed E-state index contributed by atoms with van der Waals surface area (Å²) in [5.41, 5.74) is 2.31. The van der Waals surface area contributed by atoms with E-state index < -0.39 is 0 Å². The van der Waals surface area contributed by atoms with E-state index in [4.69, 9.17) is 0 Å². The molecular formula is C10H15N5S2. The van der Waals surface area contributed by atoms with Crippen molar-refractivity contribution in [3.05, 3.63) is 17.6 Å². The summed E-state index contributed by atoms with van der Waals surface area (Å²) in [6.45, 7) is 5.94. The van der Waals surface area contributed by atoms with Gasteiger partial charge in [-0.25, -0.2) is 4.98 Å². The highest BCUT2D eigenvalue weighted by molar-refractivity contribution is 8.00. The van der Waals surface area contributed by atoms with Gasteiger partial charge in [0.1, 0.15) is 11.4 Å². The fourth-order valence-electron chi connectivity index (χ4n) is 1.55. The number of aromatic nitrogens is 4. The molecule has 2 aromatic rings. The van der Waals surface area contributed by atoms with Gasteiger partial charge in [-0.05, 0) is 36.8 Å². The van der Waals surface area contributed by atoms with Crippen LogP contribution in [0.4, 0.5) is 0 Å². The zero-order valence-electron chi connectivity index (χ0n) is 10.1. The van der Waals surface area contributed by atoms with Crippen molar-refractivity contribution in [2.24, 2.45) is 7.05 Å². The number of rotatable bonds is 5. The molecule has 0 atom stereocenters. The maximum atomic E-state index is 4.46. The van der Waals surface area contributed by atoms with Crippen LogP contribution in [-0.4, -0.2) is 25.7 Å². The van der Waals surface area contributed by atoms with Crippen molar-refractivity contribution < 1.29 is 0 Å². The number of hydrogen-bond donors (Lipinski definition) is 1. The summed E-state index contributed by atoms with van der Waals surface area (Å²) < 4.78 is 6.87. The molecule has 0 aliphatic heterocycles. The van der Waals surface area contributed by atoms with Gasteiger partial charge in [0.2, 0.25) is 0 Å². The first kappa shape index (κ1) is 12.5. The number of hydrogen-bond acceptors (Lipinski definition) is 6. The van der Waals surface area contributed by atoms with E-state index >= 15 is 0 Å². The Hall–Kier alpha value is -0.920. The lowest BCUT2D eigenvalue weighted by molar-refractivity contribution is 0.674. The molecule has 2 heterocycles. The van der Waals surface area contributed by atoms with E-state index in [1.54, 1.807) is 18.1 Å². The molecule has 92 valence electrons. The Bertz CT molecular complexity index is 477. The van der Waals surface area contributed by atoms with Crippen molar-refractivity contribution in [2.45, 2.75) is 29.8 Å². The first-order chi connectivity index (χ1) is 8.22. The third kappa shape index (κ3) is 2.85. The predicted molar refractivity (Wildman–Crippen MR) is 69.4 cm³/mol. The summed E-state index contributed by atoms with van der Waals surface area (Å²) in [6.07, 6.45) is 1.58. The standard InChI is InChI=1S/C10H15N5S2/c1-4-11-5-8-7(2)14-15(3)9(8)16-10-12-6-13-17-10/h6,11H,4-5H2,1-3H3. The normalized spacial score (nSPS) is 11.0. The fraction of sp³-hybridized carbons (Fsp3) is 0.500. The minimum Gasteiger partial charge on any atom is -0.313 e. The molecule has 2 aromatic heterocycles. The van der Waals surface area contributed by atoms with E-state index in [-0.39, 0.29) is 0 Å². The predicted octanol–water partition coefficient (Wildman–Crippen LogP) is 1.84. The minimum atomic E-state index is 0.845. The zero-order valence-corrected chi connectivity index (χ0v) is 11.7. The molecule has 0 aromatic carbocycles. The fourth-order valence-corrected chi connectivity index (χ4v) is 3.13.